The molecule has 0 aliphatic heterocycles. The van der Waals surface area contributed by atoms with Crippen LogP contribution in [0.3, 0.4) is 0 Å². The van der Waals surface area contributed by atoms with E-state index >= 15 is 0 Å². The van der Waals surface area contributed by atoms with Crippen molar-refractivity contribution in [2.24, 2.45) is 0 Å². The Morgan fingerprint density at radius 3 is 2.29 bits per heavy atom. The Morgan fingerprint density at radius 1 is 1.24 bits per heavy atom. The average molecular weight is 301 g/mol. The first-order chi connectivity index (χ1) is 9.89. The molecule has 21 heavy (non-hydrogen) atoms. The van der Waals surface area contributed by atoms with Gasteiger partial charge in [0.15, 0.2) is 0 Å². The maximum absolute atomic E-state index is 12.6. The molecule has 1 aliphatic rings. The summed E-state index contributed by atoms with van der Waals surface area (Å²) in [6.07, 6.45) is -2.54. The van der Waals surface area contributed by atoms with E-state index in [0.717, 1.165) is 16.9 Å². The van der Waals surface area contributed by atoms with Crippen molar-refractivity contribution in [1.82, 2.24) is 4.90 Å². The van der Waals surface area contributed by atoms with E-state index in [1.807, 2.05) is 6.07 Å². The molecule has 0 bridgehead atoms. The number of aliphatic hydroxyl groups excluding tert-OH is 1. The summed E-state index contributed by atoms with van der Waals surface area (Å²) in [6, 6.07) is 8.93. The van der Waals surface area contributed by atoms with Crippen molar-refractivity contribution in [1.29, 1.82) is 0 Å². The summed E-state index contributed by atoms with van der Waals surface area (Å²) in [5.74, 6) is -0.536. The first-order valence-corrected chi connectivity index (χ1v) is 6.91. The number of rotatable bonds is 5. The van der Waals surface area contributed by atoms with Crippen molar-refractivity contribution in [2.75, 3.05) is 19.7 Å². The smallest absolute Gasteiger partial charge is 0.395 e. The van der Waals surface area contributed by atoms with Gasteiger partial charge in [0, 0.05) is 6.54 Å². The molecule has 0 radical (unpaired) electrons. The molecule has 0 aromatic heterocycles. The third-order valence-corrected chi connectivity index (χ3v) is 3.97. The number of carbonyl (C=O) groups excluding carboxylic acids is 1. The highest BCUT2D eigenvalue weighted by Gasteiger charge is 2.49. The van der Waals surface area contributed by atoms with Crippen LogP contribution in [-0.2, 0) is 10.2 Å². The molecule has 0 heterocycles. The number of nitrogens with zero attached hydrogens (tertiary/aromatic N) is 1. The standard InChI is InChI=1S/C15H18F3NO2/c16-15(17,18)11-19(9-10-20)13(21)14(7-4-8-14)12-5-2-1-3-6-12/h1-3,5-6,20H,4,7-11H2. The predicted octanol–water partition coefficient (Wildman–Crippen LogP) is 2.49. The van der Waals surface area contributed by atoms with Gasteiger partial charge >= 0.3 is 6.18 Å². The Bertz CT molecular complexity index is 483. The third-order valence-electron chi connectivity index (χ3n) is 3.97. The van der Waals surface area contributed by atoms with Gasteiger partial charge in [-0.15, -0.1) is 0 Å². The molecular weight excluding hydrogens is 283 g/mol. The van der Waals surface area contributed by atoms with Gasteiger partial charge in [-0.25, -0.2) is 0 Å². The molecule has 1 amide bonds. The Balaban J connectivity index is 2.25. The number of benzene rings is 1. The van der Waals surface area contributed by atoms with Crippen LogP contribution in [0, 0.1) is 0 Å². The molecule has 1 aromatic rings. The average Bonchev–Trinajstić information content (AvgIpc) is 2.36. The van der Waals surface area contributed by atoms with E-state index in [9.17, 15) is 18.0 Å². The Labute approximate surface area is 121 Å². The SMILES string of the molecule is O=C(N(CCO)CC(F)(F)F)C1(c2ccccc2)CCC1. The molecule has 1 aliphatic carbocycles. The number of halogens is 3. The maximum Gasteiger partial charge on any atom is 0.406 e. The highest BCUT2D eigenvalue weighted by molar-refractivity contribution is 5.89. The zero-order valence-corrected chi connectivity index (χ0v) is 11.6. The topological polar surface area (TPSA) is 40.5 Å². The zero-order valence-electron chi connectivity index (χ0n) is 11.6. The first-order valence-electron chi connectivity index (χ1n) is 6.91. The lowest BCUT2D eigenvalue weighted by Crippen LogP contribution is -2.53. The Kier molecular flexibility index (Phi) is 4.56. The lowest BCUT2D eigenvalue weighted by Gasteiger charge is -2.44. The van der Waals surface area contributed by atoms with E-state index in [0.29, 0.717) is 12.8 Å². The van der Waals surface area contributed by atoms with E-state index in [4.69, 9.17) is 5.11 Å². The second-order valence-corrected chi connectivity index (χ2v) is 5.37. The molecule has 1 N–H and O–H groups in total. The van der Waals surface area contributed by atoms with E-state index in [1.165, 1.54) is 0 Å². The van der Waals surface area contributed by atoms with Gasteiger partial charge in [-0.05, 0) is 18.4 Å². The third kappa shape index (κ3) is 3.37. The van der Waals surface area contributed by atoms with Gasteiger partial charge in [-0.3, -0.25) is 4.79 Å². The number of aliphatic hydroxyl groups is 1. The highest BCUT2D eigenvalue weighted by atomic mass is 19.4. The van der Waals surface area contributed by atoms with Crippen LogP contribution in [0.4, 0.5) is 13.2 Å². The molecular formula is C15H18F3NO2. The maximum atomic E-state index is 12.6. The normalized spacial score (nSPS) is 17.1. The van der Waals surface area contributed by atoms with Gasteiger partial charge in [0.1, 0.15) is 6.54 Å². The van der Waals surface area contributed by atoms with Crippen LogP contribution >= 0.6 is 0 Å². The largest absolute Gasteiger partial charge is 0.406 e. The van der Waals surface area contributed by atoms with Gasteiger partial charge in [0.05, 0.1) is 12.0 Å². The monoisotopic (exact) mass is 301 g/mol. The lowest BCUT2D eigenvalue weighted by molar-refractivity contribution is -0.167. The van der Waals surface area contributed by atoms with Crippen LogP contribution in [0.15, 0.2) is 30.3 Å². The van der Waals surface area contributed by atoms with Crippen molar-refractivity contribution >= 4 is 5.91 Å². The molecule has 3 nitrogen and oxygen atoms in total. The van der Waals surface area contributed by atoms with Crippen LogP contribution in [0.5, 0.6) is 0 Å². The molecule has 1 aromatic carbocycles. The van der Waals surface area contributed by atoms with Crippen LogP contribution in [-0.4, -0.2) is 41.8 Å². The summed E-state index contributed by atoms with van der Waals surface area (Å²) in [7, 11) is 0. The molecule has 1 fully saturated rings. The van der Waals surface area contributed by atoms with Crippen molar-refractivity contribution in [3.05, 3.63) is 35.9 Å². The lowest BCUT2D eigenvalue weighted by atomic mass is 9.63. The Hall–Kier alpha value is -1.56. The summed E-state index contributed by atoms with van der Waals surface area (Å²) < 4.78 is 37.9. The molecule has 1 saturated carbocycles. The molecule has 0 unspecified atom stereocenters. The quantitative estimate of drug-likeness (QED) is 0.908. The molecule has 116 valence electrons. The van der Waals surface area contributed by atoms with Crippen LogP contribution in [0.1, 0.15) is 24.8 Å². The number of hydrogen-bond acceptors (Lipinski definition) is 2. The van der Waals surface area contributed by atoms with E-state index in [1.54, 1.807) is 24.3 Å². The van der Waals surface area contributed by atoms with E-state index in [2.05, 4.69) is 0 Å². The van der Waals surface area contributed by atoms with Gasteiger partial charge in [0.2, 0.25) is 5.91 Å². The zero-order chi connectivity index (χ0) is 15.5. The molecule has 2 rings (SSSR count). The summed E-state index contributed by atoms with van der Waals surface area (Å²) in [5, 5.41) is 8.95. The fraction of sp³-hybridized carbons (Fsp3) is 0.533. The van der Waals surface area contributed by atoms with Gasteiger partial charge in [0.25, 0.3) is 0 Å². The van der Waals surface area contributed by atoms with E-state index in [-0.39, 0.29) is 6.54 Å². The van der Waals surface area contributed by atoms with Gasteiger partial charge in [-0.1, -0.05) is 36.8 Å². The van der Waals surface area contributed by atoms with E-state index < -0.39 is 30.7 Å². The van der Waals surface area contributed by atoms with Crippen molar-refractivity contribution in [3.63, 3.8) is 0 Å². The molecule has 0 atom stereocenters. The van der Waals surface area contributed by atoms with Crippen LogP contribution in [0.2, 0.25) is 0 Å². The highest BCUT2D eigenvalue weighted by Crippen LogP contribution is 2.45. The summed E-state index contributed by atoms with van der Waals surface area (Å²) in [5.41, 5.74) is -0.104. The van der Waals surface area contributed by atoms with Gasteiger partial charge < -0.3 is 10.0 Å². The molecule has 0 spiro atoms. The summed E-state index contributed by atoms with van der Waals surface area (Å²) >= 11 is 0. The minimum Gasteiger partial charge on any atom is -0.395 e. The second-order valence-electron chi connectivity index (χ2n) is 5.37. The number of carbonyl (C=O) groups is 1. The Morgan fingerprint density at radius 2 is 1.86 bits per heavy atom. The fourth-order valence-electron chi connectivity index (χ4n) is 2.81. The summed E-state index contributed by atoms with van der Waals surface area (Å²) in [6.45, 7) is -2.10. The van der Waals surface area contributed by atoms with Crippen molar-refractivity contribution < 1.29 is 23.1 Å². The number of alkyl halides is 3. The fourth-order valence-corrected chi connectivity index (χ4v) is 2.81. The minimum absolute atomic E-state index is 0.299. The first kappa shape index (κ1) is 15.8. The van der Waals surface area contributed by atoms with Crippen molar-refractivity contribution in [3.8, 4) is 0 Å². The van der Waals surface area contributed by atoms with Crippen LogP contribution in [0.25, 0.3) is 0 Å². The summed E-state index contributed by atoms with van der Waals surface area (Å²) in [4.78, 5) is 13.4. The molecule has 6 heteroatoms. The second kappa shape index (κ2) is 6.05. The number of amides is 1. The number of hydrogen-bond donors (Lipinski definition) is 1. The molecule has 0 saturated heterocycles. The van der Waals surface area contributed by atoms with Crippen LogP contribution < -0.4 is 0 Å². The minimum atomic E-state index is -4.47. The van der Waals surface area contributed by atoms with Crippen molar-refractivity contribution in [2.45, 2.75) is 30.9 Å². The van der Waals surface area contributed by atoms with Gasteiger partial charge in [-0.2, -0.15) is 13.2 Å². The predicted molar refractivity (Wildman–Crippen MR) is 71.7 cm³/mol.